The normalized spacial score (nSPS) is 12.7. The van der Waals surface area contributed by atoms with E-state index in [0.29, 0.717) is 6.61 Å². The molecule has 0 aliphatic carbocycles. The minimum Gasteiger partial charge on any atom is -0.390 e. The van der Waals surface area contributed by atoms with Gasteiger partial charge in [0.15, 0.2) is 0 Å². The van der Waals surface area contributed by atoms with E-state index in [9.17, 15) is 0 Å². The molecule has 1 atom stereocenters. The number of ether oxygens (including phenoxy) is 1. The standard InChI is InChI=1S/C19H41NO2/c1-2-3-4-5-6-7-8-9-10-11-12-13-14-15-16-22-18-19(20)17-21/h19,21H,2-18,20H2,1H3/p+1/t19-/m0/s1. The van der Waals surface area contributed by atoms with Gasteiger partial charge in [-0.25, -0.2) is 0 Å². The van der Waals surface area contributed by atoms with Crippen molar-refractivity contribution in [1.82, 2.24) is 0 Å². The SMILES string of the molecule is CCCCCCCCCCCCCCCCOC[C@@H]([NH3+])CO. The molecule has 134 valence electrons. The van der Waals surface area contributed by atoms with Gasteiger partial charge in [0.05, 0.1) is 6.61 Å². The number of unbranched alkanes of at least 4 members (excludes halogenated alkanes) is 13. The Balaban J connectivity index is 2.97. The van der Waals surface area contributed by atoms with Gasteiger partial charge in [-0.05, 0) is 6.42 Å². The molecule has 0 saturated carbocycles. The third-order valence-corrected chi connectivity index (χ3v) is 4.25. The van der Waals surface area contributed by atoms with E-state index in [2.05, 4.69) is 12.7 Å². The Bertz CT molecular complexity index is 200. The van der Waals surface area contributed by atoms with Crippen LogP contribution in [0.4, 0.5) is 0 Å². The molecule has 0 rings (SSSR count). The Morgan fingerprint density at radius 1 is 0.727 bits per heavy atom. The van der Waals surface area contributed by atoms with Crippen LogP contribution >= 0.6 is 0 Å². The van der Waals surface area contributed by atoms with Crippen LogP contribution in [0.25, 0.3) is 0 Å². The van der Waals surface area contributed by atoms with Crippen LogP contribution in [0.3, 0.4) is 0 Å². The first kappa shape index (κ1) is 21.9. The van der Waals surface area contributed by atoms with Crippen LogP contribution in [-0.2, 0) is 4.74 Å². The number of rotatable bonds is 18. The Labute approximate surface area is 139 Å². The van der Waals surface area contributed by atoms with Crippen molar-refractivity contribution in [2.75, 3.05) is 19.8 Å². The molecule has 0 radical (unpaired) electrons. The maximum absolute atomic E-state index is 8.82. The second-order valence-corrected chi connectivity index (χ2v) is 6.72. The highest BCUT2D eigenvalue weighted by Crippen LogP contribution is 2.12. The molecule has 0 spiro atoms. The van der Waals surface area contributed by atoms with Crippen molar-refractivity contribution < 1.29 is 15.6 Å². The summed E-state index contributed by atoms with van der Waals surface area (Å²) in [6.45, 7) is 3.82. The molecule has 0 aliphatic heterocycles. The Hall–Kier alpha value is -0.120. The number of hydrogen-bond donors (Lipinski definition) is 2. The average molecular weight is 317 g/mol. The van der Waals surface area contributed by atoms with Crippen LogP contribution in [0, 0.1) is 0 Å². The Morgan fingerprint density at radius 3 is 1.55 bits per heavy atom. The zero-order valence-corrected chi connectivity index (χ0v) is 15.2. The highest BCUT2D eigenvalue weighted by molar-refractivity contribution is 4.50. The van der Waals surface area contributed by atoms with Gasteiger partial charge < -0.3 is 15.6 Å². The Morgan fingerprint density at radius 2 is 1.14 bits per heavy atom. The van der Waals surface area contributed by atoms with Crippen molar-refractivity contribution in [2.24, 2.45) is 0 Å². The molecule has 3 nitrogen and oxygen atoms in total. The molecule has 4 N–H and O–H groups in total. The first-order valence-electron chi connectivity index (χ1n) is 9.83. The number of quaternary nitrogens is 1. The van der Waals surface area contributed by atoms with Crippen LogP contribution in [0.5, 0.6) is 0 Å². The fraction of sp³-hybridized carbons (Fsp3) is 1.00. The van der Waals surface area contributed by atoms with Crippen molar-refractivity contribution in [2.45, 2.75) is 103 Å². The molecule has 3 heteroatoms. The van der Waals surface area contributed by atoms with Gasteiger partial charge in [-0.15, -0.1) is 0 Å². The second-order valence-electron chi connectivity index (χ2n) is 6.72. The summed E-state index contributed by atoms with van der Waals surface area (Å²) >= 11 is 0. The summed E-state index contributed by atoms with van der Waals surface area (Å²) in [5, 5.41) is 8.82. The molecule has 0 fully saturated rings. The van der Waals surface area contributed by atoms with E-state index in [1.807, 2.05) is 0 Å². The van der Waals surface area contributed by atoms with Crippen LogP contribution in [0.1, 0.15) is 96.8 Å². The first-order valence-corrected chi connectivity index (χ1v) is 9.83. The molecule has 0 heterocycles. The molecule has 0 aromatic carbocycles. The van der Waals surface area contributed by atoms with Crippen LogP contribution in [0.15, 0.2) is 0 Å². The molecule has 0 aromatic heterocycles. The lowest BCUT2D eigenvalue weighted by molar-refractivity contribution is -0.432. The summed E-state index contributed by atoms with van der Waals surface area (Å²) < 4.78 is 5.47. The average Bonchev–Trinajstić information content (AvgIpc) is 2.54. The number of aliphatic hydroxyl groups is 1. The summed E-state index contributed by atoms with van der Waals surface area (Å²) in [5.74, 6) is 0. The summed E-state index contributed by atoms with van der Waals surface area (Å²) in [4.78, 5) is 0. The third kappa shape index (κ3) is 17.9. The topological polar surface area (TPSA) is 57.1 Å². The third-order valence-electron chi connectivity index (χ3n) is 4.25. The number of aliphatic hydroxyl groups excluding tert-OH is 1. The molecular formula is C19H42NO2+. The molecule has 0 unspecified atom stereocenters. The maximum Gasteiger partial charge on any atom is 0.131 e. The molecule has 0 saturated heterocycles. The summed E-state index contributed by atoms with van der Waals surface area (Å²) in [6, 6.07) is 0.0339. The first-order chi connectivity index (χ1) is 10.8. The van der Waals surface area contributed by atoms with E-state index < -0.39 is 0 Å². The van der Waals surface area contributed by atoms with Gasteiger partial charge in [0.25, 0.3) is 0 Å². The van der Waals surface area contributed by atoms with Crippen LogP contribution in [0.2, 0.25) is 0 Å². The lowest BCUT2D eigenvalue weighted by atomic mass is 10.0. The van der Waals surface area contributed by atoms with Crippen molar-refractivity contribution in [3.8, 4) is 0 Å². The lowest BCUT2D eigenvalue weighted by Gasteiger charge is -2.06. The van der Waals surface area contributed by atoms with Crippen LogP contribution < -0.4 is 5.73 Å². The van der Waals surface area contributed by atoms with Gasteiger partial charge in [0, 0.05) is 6.61 Å². The van der Waals surface area contributed by atoms with Gasteiger partial charge in [-0.3, -0.25) is 0 Å². The molecule has 0 aromatic rings. The molecule has 0 aliphatic rings. The van der Waals surface area contributed by atoms with Crippen molar-refractivity contribution in [3.63, 3.8) is 0 Å². The predicted molar refractivity (Wildman–Crippen MR) is 94.9 cm³/mol. The largest absolute Gasteiger partial charge is 0.390 e. The smallest absolute Gasteiger partial charge is 0.131 e. The van der Waals surface area contributed by atoms with Gasteiger partial charge in [0.2, 0.25) is 0 Å². The van der Waals surface area contributed by atoms with E-state index in [0.717, 1.165) is 13.0 Å². The summed E-state index contributed by atoms with van der Waals surface area (Å²) in [6.07, 6.45) is 19.4. The quantitative estimate of drug-likeness (QED) is 0.374. The molecule has 0 bridgehead atoms. The van der Waals surface area contributed by atoms with E-state index in [4.69, 9.17) is 9.84 Å². The highest BCUT2D eigenvalue weighted by atomic mass is 16.5. The van der Waals surface area contributed by atoms with Crippen molar-refractivity contribution >= 4 is 0 Å². The summed E-state index contributed by atoms with van der Waals surface area (Å²) in [7, 11) is 0. The fourth-order valence-corrected chi connectivity index (χ4v) is 2.70. The minimum absolute atomic E-state index is 0.0339. The zero-order chi connectivity index (χ0) is 16.3. The Kier molecular flexibility index (Phi) is 18.8. The monoisotopic (exact) mass is 316 g/mol. The van der Waals surface area contributed by atoms with Crippen molar-refractivity contribution in [1.29, 1.82) is 0 Å². The van der Waals surface area contributed by atoms with E-state index >= 15 is 0 Å². The van der Waals surface area contributed by atoms with Gasteiger partial charge in [-0.2, -0.15) is 0 Å². The minimum atomic E-state index is 0.0339. The highest BCUT2D eigenvalue weighted by Gasteiger charge is 2.02. The van der Waals surface area contributed by atoms with Gasteiger partial charge in [0.1, 0.15) is 12.6 Å². The van der Waals surface area contributed by atoms with E-state index in [1.54, 1.807) is 0 Å². The van der Waals surface area contributed by atoms with Crippen LogP contribution in [-0.4, -0.2) is 31.0 Å². The molecular weight excluding hydrogens is 274 g/mol. The van der Waals surface area contributed by atoms with Gasteiger partial charge in [-0.1, -0.05) is 90.4 Å². The zero-order valence-electron chi connectivity index (χ0n) is 15.2. The lowest BCUT2D eigenvalue weighted by Crippen LogP contribution is -2.65. The fourth-order valence-electron chi connectivity index (χ4n) is 2.70. The summed E-state index contributed by atoms with van der Waals surface area (Å²) in [5.41, 5.74) is 3.79. The molecule has 0 amide bonds. The maximum atomic E-state index is 8.82. The molecule has 22 heavy (non-hydrogen) atoms. The van der Waals surface area contributed by atoms with E-state index in [-0.39, 0.29) is 12.6 Å². The van der Waals surface area contributed by atoms with Gasteiger partial charge >= 0.3 is 0 Å². The van der Waals surface area contributed by atoms with Crippen molar-refractivity contribution in [3.05, 3.63) is 0 Å². The second kappa shape index (κ2) is 18.9. The van der Waals surface area contributed by atoms with E-state index in [1.165, 1.54) is 83.5 Å². The predicted octanol–water partition coefficient (Wildman–Crippen LogP) is 4.09. The number of hydrogen-bond acceptors (Lipinski definition) is 2.